The average Bonchev–Trinajstić information content (AvgIpc) is 2.05. The lowest BCUT2D eigenvalue weighted by atomic mass is 10.7. The maximum absolute atomic E-state index is 8.29. The van der Waals surface area contributed by atoms with Crippen molar-refractivity contribution in [2.75, 3.05) is 27.2 Å². The molecule has 92 valence electrons. The number of hydrogen-bond acceptors (Lipinski definition) is 3. The maximum Gasteiger partial charge on any atom is 0.256 e. The fourth-order valence-corrected chi connectivity index (χ4v) is 0.250. The molecule has 0 rings (SSSR count). The van der Waals surface area contributed by atoms with Gasteiger partial charge >= 0.3 is 0 Å². The van der Waals surface area contributed by atoms with Gasteiger partial charge in [0.2, 0.25) is 0 Å². The van der Waals surface area contributed by atoms with Gasteiger partial charge in [0, 0.05) is 14.1 Å². The molecule has 0 bridgehead atoms. The number of thiocarbonyl (C=S) groups is 2. The van der Waals surface area contributed by atoms with Crippen LogP contribution in [0.15, 0.2) is 0 Å². The Morgan fingerprint density at radius 3 is 1.40 bits per heavy atom. The highest BCUT2D eigenvalue weighted by Crippen LogP contribution is 1.71. The van der Waals surface area contributed by atoms with Gasteiger partial charge in [0.15, 0.2) is 0 Å². The van der Waals surface area contributed by atoms with Crippen molar-refractivity contribution in [2.24, 2.45) is 5.73 Å². The first-order valence-corrected chi connectivity index (χ1v) is 5.20. The zero-order valence-corrected chi connectivity index (χ0v) is 11.3. The normalized spacial score (nSPS) is 7.47. The second-order valence-electron chi connectivity index (χ2n) is 2.47. The summed E-state index contributed by atoms with van der Waals surface area (Å²) in [5.74, 6) is 0. The molecule has 0 aromatic rings. The number of aliphatic hydroxyl groups excluding tert-OH is 2. The fraction of sp³-hybridized carbons (Fsp3) is 0.750. The van der Waals surface area contributed by atoms with Gasteiger partial charge in [0.1, 0.15) is 0 Å². The molecule has 0 radical (unpaired) electrons. The van der Waals surface area contributed by atoms with Gasteiger partial charge in [-0.2, -0.15) is 0 Å². The zero-order valence-electron chi connectivity index (χ0n) is 9.65. The Labute approximate surface area is 102 Å². The van der Waals surface area contributed by atoms with Crippen molar-refractivity contribution in [1.82, 2.24) is 10.2 Å². The van der Waals surface area contributed by atoms with Crippen LogP contribution in [0.1, 0.15) is 13.8 Å². The topological polar surface area (TPSA) is 81.8 Å². The molecule has 0 atom stereocenters. The molecule has 5 N–H and O–H groups in total. The van der Waals surface area contributed by atoms with Gasteiger partial charge in [-0.15, -0.1) is 0 Å². The highest BCUT2D eigenvalue weighted by molar-refractivity contribution is 7.80. The van der Waals surface area contributed by atoms with Crippen LogP contribution in [0.25, 0.3) is 0 Å². The van der Waals surface area contributed by atoms with E-state index < -0.39 is 5.17 Å². The Bertz CT molecular complexity index is 160. The van der Waals surface area contributed by atoms with Crippen LogP contribution in [0.3, 0.4) is 0 Å². The lowest BCUT2D eigenvalue weighted by Gasteiger charge is -2.03. The summed E-state index contributed by atoms with van der Waals surface area (Å²) in [7, 11) is 3.37. The summed E-state index contributed by atoms with van der Waals surface area (Å²) < 4.78 is 0. The maximum atomic E-state index is 8.29. The third kappa shape index (κ3) is 60.2. The fourth-order valence-electron chi connectivity index (χ4n) is 0.250. The van der Waals surface area contributed by atoms with E-state index in [1.807, 2.05) is 0 Å². The molecule has 0 fully saturated rings. The summed E-state index contributed by atoms with van der Waals surface area (Å²) >= 11 is 8.17. The Morgan fingerprint density at radius 2 is 1.40 bits per heavy atom. The second-order valence-corrected chi connectivity index (χ2v) is 3.26. The zero-order chi connectivity index (χ0) is 12.9. The van der Waals surface area contributed by atoms with E-state index in [1.165, 1.54) is 4.90 Å². The molecule has 0 heterocycles. The van der Waals surface area contributed by atoms with Crippen molar-refractivity contribution < 1.29 is 10.2 Å². The molecule has 7 heteroatoms. The van der Waals surface area contributed by atoms with Crippen molar-refractivity contribution in [1.29, 1.82) is 0 Å². The summed E-state index contributed by atoms with van der Waals surface area (Å²) in [5.41, 5.74) is 4.40. The van der Waals surface area contributed by atoms with Crippen molar-refractivity contribution in [3.63, 3.8) is 0 Å². The summed E-state index contributed by atoms with van der Waals surface area (Å²) in [6, 6.07) is 0. The van der Waals surface area contributed by atoms with Crippen LogP contribution in [0, 0.1) is 0 Å². The van der Waals surface area contributed by atoms with Crippen molar-refractivity contribution in [2.45, 2.75) is 13.8 Å². The first-order chi connectivity index (χ1) is 6.79. The molecule has 5 nitrogen and oxygen atoms in total. The molecule has 0 saturated heterocycles. The van der Waals surface area contributed by atoms with E-state index in [-0.39, 0.29) is 5.17 Å². The SMILES string of the molecule is CCNCC.CN(C)C(O)=S.NC(O)=S. The third-order valence-corrected chi connectivity index (χ3v) is 1.25. The van der Waals surface area contributed by atoms with E-state index in [2.05, 4.69) is 49.3 Å². The largest absolute Gasteiger partial charge is 0.487 e. The Hall–Kier alpha value is -0.660. The Kier molecular flexibility index (Phi) is 20.9. The molecule has 0 unspecified atom stereocenters. The van der Waals surface area contributed by atoms with E-state index in [0.717, 1.165) is 13.1 Å². The molecule has 0 aromatic carbocycles. The Morgan fingerprint density at radius 1 is 1.20 bits per heavy atom. The number of rotatable bonds is 2. The smallest absolute Gasteiger partial charge is 0.256 e. The number of hydrogen-bond donors (Lipinski definition) is 4. The molecule has 0 saturated carbocycles. The van der Waals surface area contributed by atoms with E-state index >= 15 is 0 Å². The number of nitrogens with two attached hydrogens (primary N) is 1. The van der Waals surface area contributed by atoms with E-state index in [4.69, 9.17) is 10.2 Å². The van der Waals surface area contributed by atoms with Crippen LogP contribution >= 0.6 is 24.4 Å². The van der Waals surface area contributed by atoms with Crippen LogP contribution in [-0.2, 0) is 0 Å². The van der Waals surface area contributed by atoms with Gasteiger partial charge in [0.05, 0.1) is 0 Å². The molecule has 0 aliphatic heterocycles. The minimum Gasteiger partial charge on any atom is -0.487 e. The van der Waals surface area contributed by atoms with Crippen LogP contribution in [-0.4, -0.2) is 52.6 Å². The lowest BCUT2D eigenvalue weighted by molar-refractivity contribution is 0.442. The molecule has 0 aliphatic carbocycles. The minimum atomic E-state index is -0.500. The number of aliphatic hydroxyl groups is 2. The van der Waals surface area contributed by atoms with E-state index in [9.17, 15) is 0 Å². The van der Waals surface area contributed by atoms with Gasteiger partial charge in [-0.1, -0.05) is 13.8 Å². The molecule has 0 aromatic heterocycles. The summed E-state index contributed by atoms with van der Waals surface area (Å²) in [5, 5.41) is 18.4. The molecular formula is C8H21N3O2S2. The first kappa shape index (κ1) is 19.8. The summed E-state index contributed by atoms with van der Waals surface area (Å²) in [6.45, 7) is 6.39. The van der Waals surface area contributed by atoms with Gasteiger partial charge in [-0.3, -0.25) is 0 Å². The first-order valence-electron chi connectivity index (χ1n) is 4.38. The van der Waals surface area contributed by atoms with Crippen LogP contribution in [0.2, 0.25) is 0 Å². The average molecular weight is 255 g/mol. The highest BCUT2D eigenvalue weighted by atomic mass is 32.1. The molecular weight excluding hydrogens is 234 g/mol. The lowest BCUT2D eigenvalue weighted by Crippen LogP contribution is -2.17. The monoisotopic (exact) mass is 255 g/mol. The Balaban J connectivity index is -0.000000147. The van der Waals surface area contributed by atoms with Crippen LogP contribution in [0.4, 0.5) is 0 Å². The molecule has 0 aliphatic rings. The van der Waals surface area contributed by atoms with Gasteiger partial charge in [0.25, 0.3) is 10.3 Å². The number of nitrogens with one attached hydrogen (secondary N) is 1. The van der Waals surface area contributed by atoms with Gasteiger partial charge in [-0.05, 0) is 37.5 Å². The van der Waals surface area contributed by atoms with Gasteiger partial charge in [-0.25, -0.2) is 0 Å². The second kappa shape index (κ2) is 15.8. The molecule has 0 spiro atoms. The van der Waals surface area contributed by atoms with Crippen LogP contribution in [0.5, 0.6) is 0 Å². The van der Waals surface area contributed by atoms with Crippen LogP contribution < -0.4 is 11.1 Å². The summed E-state index contributed by atoms with van der Waals surface area (Å²) in [6.07, 6.45) is 0. The van der Waals surface area contributed by atoms with E-state index in [0.29, 0.717) is 0 Å². The molecule has 15 heavy (non-hydrogen) atoms. The van der Waals surface area contributed by atoms with E-state index in [1.54, 1.807) is 14.1 Å². The quantitative estimate of drug-likeness (QED) is 0.543. The third-order valence-electron chi connectivity index (χ3n) is 0.883. The number of nitrogens with zero attached hydrogens (tertiary/aromatic N) is 1. The standard InChI is InChI=1S/C4H11N.C3H7NOS.CH3NOS/c1-3-5-4-2;1-4(2)3(5)6;2-1(3)4/h5H,3-4H2,1-2H3;1-2H3,(H,5,6);(H3,2,3,4). The van der Waals surface area contributed by atoms with Crippen molar-refractivity contribution >= 4 is 34.8 Å². The predicted octanol–water partition coefficient (Wildman–Crippen LogP) is 0.795. The van der Waals surface area contributed by atoms with Crippen molar-refractivity contribution in [3.05, 3.63) is 0 Å². The summed E-state index contributed by atoms with van der Waals surface area (Å²) in [4.78, 5) is 1.45. The minimum absolute atomic E-state index is 0.0741. The molecule has 0 amide bonds. The van der Waals surface area contributed by atoms with Crippen molar-refractivity contribution in [3.8, 4) is 0 Å². The van der Waals surface area contributed by atoms with Gasteiger partial charge < -0.3 is 26.2 Å². The highest BCUT2D eigenvalue weighted by Gasteiger charge is 1.86. The predicted molar refractivity (Wildman–Crippen MR) is 72.5 cm³/mol.